The van der Waals surface area contributed by atoms with E-state index in [9.17, 15) is 9.90 Å². The van der Waals surface area contributed by atoms with E-state index >= 15 is 0 Å². The third kappa shape index (κ3) is 7.87. The molecular formula is C30H47ClN2O5Si. The average molecular weight is 579 g/mol. The molecule has 1 unspecified atom stereocenters. The van der Waals surface area contributed by atoms with Gasteiger partial charge in [-0.25, -0.2) is 4.79 Å². The summed E-state index contributed by atoms with van der Waals surface area (Å²) in [5, 5.41) is 12.8. The first-order chi connectivity index (χ1) is 18.0. The van der Waals surface area contributed by atoms with Gasteiger partial charge in [0.05, 0.1) is 23.8 Å². The van der Waals surface area contributed by atoms with Crippen molar-refractivity contribution in [1.29, 1.82) is 0 Å². The normalized spacial score (nSPS) is 17.3. The molecule has 218 valence electrons. The number of aromatic nitrogens is 1. The lowest BCUT2D eigenvalue weighted by Gasteiger charge is -2.45. The van der Waals surface area contributed by atoms with Gasteiger partial charge in [0.1, 0.15) is 11.4 Å². The molecule has 1 aliphatic heterocycles. The maximum Gasteiger partial charge on any atom is 0.410 e. The fourth-order valence-electron chi connectivity index (χ4n) is 4.73. The minimum atomic E-state index is -1.99. The smallest absolute Gasteiger partial charge is 0.410 e. The monoisotopic (exact) mass is 578 g/mol. The summed E-state index contributed by atoms with van der Waals surface area (Å²) in [6.45, 7) is 18.7. The molecule has 0 bridgehead atoms. The Hall–Kier alpha value is -1.87. The van der Waals surface area contributed by atoms with E-state index in [0.717, 1.165) is 30.2 Å². The molecule has 1 N–H and O–H groups in total. The van der Waals surface area contributed by atoms with Gasteiger partial charge < -0.3 is 23.9 Å². The number of nitrogens with zero attached hydrogens (tertiary/aromatic N) is 2. The number of benzene rings is 1. The number of aliphatic hydroxyl groups excluding tert-OH is 1. The number of amides is 1. The molecule has 9 heteroatoms. The fraction of sp³-hybridized carbons (Fsp3) is 0.667. The number of ether oxygens (including phenoxy) is 2. The van der Waals surface area contributed by atoms with Crippen LogP contribution in [0.15, 0.2) is 24.4 Å². The molecule has 1 aromatic carbocycles. The Morgan fingerprint density at radius 3 is 2.38 bits per heavy atom. The molecule has 1 aliphatic rings. The highest BCUT2D eigenvalue weighted by Gasteiger charge is 2.43. The van der Waals surface area contributed by atoms with Crippen LogP contribution in [0.5, 0.6) is 5.75 Å². The summed E-state index contributed by atoms with van der Waals surface area (Å²) >= 11 is 6.59. The van der Waals surface area contributed by atoms with E-state index in [4.69, 9.17) is 25.5 Å². The lowest BCUT2D eigenvalue weighted by molar-refractivity contribution is -0.00488. The van der Waals surface area contributed by atoms with Gasteiger partial charge in [-0.05, 0) is 88.2 Å². The van der Waals surface area contributed by atoms with Crippen LogP contribution in [-0.2, 0) is 9.16 Å². The molecule has 0 spiro atoms. The van der Waals surface area contributed by atoms with Gasteiger partial charge in [-0.2, -0.15) is 0 Å². The molecule has 1 aromatic heterocycles. The molecule has 0 aliphatic carbocycles. The van der Waals surface area contributed by atoms with Gasteiger partial charge in [0.25, 0.3) is 0 Å². The Kier molecular flexibility index (Phi) is 9.68. The SMILES string of the molecule is COc1ccc2ncc(Cl)c(C(O)CCC3(CO[Si](C)(C)C(C)(C)C)CCN(C(=O)OC(C)(C)C)CC3)c2c1. The number of rotatable bonds is 8. The minimum Gasteiger partial charge on any atom is -0.497 e. The quantitative estimate of drug-likeness (QED) is 0.322. The molecule has 1 amide bonds. The lowest BCUT2D eigenvalue weighted by Crippen LogP contribution is -2.49. The fourth-order valence-corrected chi connectivity index (χ4v) is 6.10. The van der Waals surface area contributed by atoms with Crippen molar-refractivity contribution in [2.24, 2.45) is 5.41 Å². The number of likely N-dealkylation sites (tertiary alicyclic amines) is 1. The van der Waals surface area contributed by atoms with E-state index in [-0.39, 0.29) is 16.5 Å². The van der Waals surface area contributed by atoms with Crippen molar-refractivity contribution in [1.82, 2.24) is 9.88 Å². The molecule has 0 radical (unpaired) electrons. The van der Waals surface area contributed by atoms with E-state index < -0.39 is 20.0 Å². The number of methoxy groups -OCH3 is 1. The van der Waals surface area contributed by atoms with Gasteiger partial charge in [0.15, 0.2) is 8.32 Å². The van der Waals surface area contributed by atoms with E-state index in [2.05, 4.69) is 38.8 Å². The molecule has 1 atom stereocenters. The van der Waals surface area contributed by atoms with Gasteiger partial charge in [-0.1, -0.05) is 32.4 Å². The Labute approximate surface area is 240 Å². The maximum absolute atomic E-state index is 12.7. The second-order valence-electron chi connectivity index (χ2n) is 13.5. The van der Waals surface area contributed by atoms with Crippen molar-refractivity contribution in [3.05, 3.63) is 35.0 Å². The molecule has 39 heavy (non-hydrogen) atoms. The Bertz CT molecular complexity index is 1150. The van der Waals surface area contributed by atoms with Crippen LogP contribution in [0.2, 0.25) is 23.2 Å². The van der Waals surface area contributed by atoms with Crippen LogP contribution in [0.25, 0.3) is 10.9 Å². The minimum absolute atomic E-state index is 0.0907. The Morgan fingerprint density at radius 2 is 1.82 bits per heavy atom. The van der Waals surface area contributed by atoms with Gasteiger partial charge in [-0.15, -0.1) is 0 Å². The first-order valence-electron chi connectivity index (χ1n) is 13.9. The summed E-state index contributed by atoms with van der Waals surface area (Å²) in [5.74, 6) is 0.689. The molecule has 2 heterocycles. The highest BCUT2D eigenvalue weighted by atomic mass is 35.5. The lowest BCUT2D eigenvalue weighted by atomic mass is 9.74. The number of carbonyl (C=O) groups is 1. The Balaban J connectivity index is 1.82. The predicted octanol–water partition coefficient (Wildman–Crippen LogP) is 7.75. The second kappa shape index (κ2) is 11.9. The largest absolute Gasteiger partial charge is 0.497 e. The predicted molar refractivity (Wildman–Crippen MR) is 160 cm³/mol. The van der Waals surface area contributed by atoms with Gasteiger partial charge in [-0.3, -0.25) is 4.98 Å². The number of hydrogen-bond donors (Lipinski definition) is 1. The molecule has 1 fully saturated rings. The number of carbonyl (C=O) groups excluding carboxylic acids is 1. The van der Waals surface area contributed by atoms with Crippen LogP contribution in [0.1, 0.15) is 78.9 Å². The van der Waals surface area contributed by atoms with Crippen molar-refractivity contribution in [2.45, 2.75) is 97.1 Å². The van der Waals surface area contributed by atoms with Crippen LogP contribution >= 0.6 is 11.6 Å². The topological polar surface area (TPSA) is 81.1 Å². The van der Waals surface area contributed by atoms with Gasteiger partial charge in [0, 0.05) is 36.8 Å². The number of fused-ring (bicyclic) bond motifs is 1. The first-order valence-corrected chi connectivity index (χ1v) is 17.2. The summed E-state index contributed by atoms with van der Waals surface area (Å²) in [7, 11) is -0.377. The van der Waals surface area contributed by atoms with Crippen LogP contribution in [-0.4, -0.2) is 61.8 Å². The average Bonchev–Trinajstić information content (AvgIpc) is 2.84. The van der Waals surface area contributed by atoms with Crippen molar-refractivity contribution in [3.63, 3.8) is 0 Å². The zero-order valence-corrected chi connectivity index (χ0v) is 26.9. The number of pyridine rings is 1. The third-order valence-corrected chi connectivity index (χ3v) is 13.2. The maximum atomic E-state index is 12.7. The first kappa shape index (κ1) is 31.7. The summed E-state index contributed by atoms with van der Waals surface area (Å²) in [6.07, 6.45) is 3.38. The van der Waals surface area contributed by atoms with Crippen molar-refractivity contribution in [3.8, 4) is 5.75 Å². The zero-order chi connectivity index (χ0) is 29.2. The number of piperidine rings is 1. The van der Waals surface area contributed by atoms with E-state index in [1.165, 1.54) is 0 Å². The van der Waals surface area contributed by atoms with E-state index in [1.54, 1.807) is 18.2 Å². The van der Waals surface area contributed by atoms with Crippen LogP contribution < -0.4 is 4.74 Å². The van der Waals surface area contributed by atoms with Crippen LogP contribution in [0.4, 0.5) is 4.79 Å². The third-order valence-electron chi connectivity index (χ3n) is 8.37. The molecule has 2 aromatic rings. The molecule has 3 rings (SSSR count). The van der Waals surface area contributed by atoms with Crippen molar-refractivity contribution < 1.29 is 23.8 Å². The Morgan fingerprint density at radius 1 is 1.18 bits per heavy atom. The molecule has 0 saturated carbocycles. The van der Waals surface area contributed by atoms with Crippen LogP contribution in [0, 0.1) is 5.41 Å². The number of hydrogen-bond acceptors (Lipinski definition) is 6. The molecule has 7 nitrogen and oxygen atoms in total. The molecule has 1 saturated heterocycles. The van der Waals surface area contributed by atoms with E-state index in [0.29, 0.717) is 42.5 Å². The zero-order valence-electron chi connectivity index (χ0n) is 25.2. The standard InChI is InChI=1S/C30H47ClN2O5Si/c1-28(2,3)38-27(35)33-16-14-30(15-17-33,20-37-39(8,9)29(4,5)6)13-12-25(34)26-22-18-21(36-7)10-11-24(22)32-19-23(26)31/h10-11,18-19,25,34H,12-17,20H2,1-9H3. The van der Waals surface area contributed by atoms with Crippen molar-refractivity contribution >= 4 is 36.9 Å². The highest BCUT2D eigenvalue weighted by molar-refractivity contribution is 6.74. The van der Waals surface area contributed by atoms with Crippen LogP contribution in [0.3, 0.4) is 0 Å². The van der Waals surface area contributed by atoms with Gasteiger partial charge in [0.2, 0.25) is 0 Å². The van der Waals surface area contributed by atoms with Gasteiger partial charge >= 0.3 is 6.09 Å². The highest BCUT2D eigenvalue weighted by Crippen LogP contribution is 2.44. The van der Waals surface area contributed by atoms with E-state index in [1.807, 2.05) is 39.0 Å². The summed E-state index contributed by atoms with van der Waals surface area (Å²) in [6, 6.07) is 5.61. The summed E-state index contributed by atoms with van der Waals surface area (Å²) in [5.41, 5.74) is 0.737. The number of aliphatic hydroxyl groups is 1. The number of halogens is 1. The second-order valence-corrected chi connectivity index (χ2v) is 18.7. The molecular weight excluding hydrogens is 532 g/mol. The van der Waals surface area contributed by atoms with Crippen molar-refractivity contribution in [2.75, 3.05) is 26.8 Å². The summed E-state index contributed by atoms with van der Waals surface area (Å²) < 4.78 is 17.8. The summed E-state index contributed by atoms with van der Waals surface area (Å²) in [4.78, 5) is 19.0.